The van der Waals surface area contributed by atoms with Crippen LogP contribution in [0.3, 0.4) is 0 Å². The van der Waals surface area contributed by atoms with E-state index in [1.54, 1.807) is 23.2 Å². The fourth-order valence-electron chi connectivity index (χ4n) is 3.93. The number of piperidine rings is 1. The first-order valence-electron chi connectivity index (χ1n) is 10.8. The quantitative estimate of drug-likeness (QED) is 0.763. The first-order valence-corrected chi connectivity index (χ1v) is 11.1. The summed E-state index contributed by atoms with van der Waals surface area (Å²) < 4.78 is 11.4. The first-order chi connectivity index (χ1) is 14.2. The number of likely N-dealkylation sites (tertiary alicyclic amines) is 1. The zero-order valence-corrected chi connectivity index (χ0v) is 18.8. The second-order valence-electron chi connectivity index (χ2n) is 9.18. The number of amides is 2. The molecule has 2 heterocycles. The van der Waals surface area contributed by atoms with Gasteiger partial charge in [0.2, 0.25) is 11.8 Å². The second-order valence-corrected chi connectivity index (χ2v) is 9.62. The zero-order chi connectivity index (χ0) is 21.7. The largest absolute Gasteiger partial charge is 0.474 e. The third-order valence-corrected chi connectivity index (χ3v) is 5.68. The summed E-state index contributed by atoms with van der Waals surface area (Å²) in [5, 5.41) is 3.77. The summed E-state index contributed by atoms with van der Waals surface area (Å²) in [5.74, 6) is 0.432. The topological polar surface area (TPSA) is 80.8 Å². The predicted octanol–water partition coefficient (Wildman–Crippen LogP) is 4.19. The van der Waals surface area contributed by atoms with Gasteiger partial charge in [-0.05, 0) is 65.4 Å². The summed E-state index contributed by atoms with van der Waals surface area (Å²) in [7, 11) is 0. The van der Waals surface area contributed by atoms with Gasteiger partial charge in [-0.25, -0.2) is 9.78 Å². The van der Waals surface area contributed by atoms with Gasteiger partial charge < -0.3 is 19.7 Å². The standard InChI is InChI=1S/C22H32ClN3O4/c1-22(2,3)30-21(28)26-12-4-5-15(14-26)20(27)25-17-7-9-18(10-8-17)29-19-11-6-16(23)13-24-19/h6,11,13,15,17-18H,4-5,7-10,12,14H2,1-3H3,(H,25,27). The molecule has 3 rings (SSSR count). The Kier molecular flexibility index (Phi) is 7.45. The Labute approximate surface area is 183 Å². The van der Waals surface area contributed by atoms with Crippen molar-refractivity contribution >= 4 is 23.6 Å². The Morgan fingerprint density at radius 3 is 2.53 bits per heavy atom. The minimum absolute atomic E-state index is 0.0343. The maximum atomic E-state index is 12.8. The molecule has 166 valence electrons. The van der Waals surface area contributed by atoms with Crippen molar-refractivity contribution < 1.29 is 19.1 Å². The van der Waals surface area contributed by atoms with Crippen LogP contribution in [-0.2, 0) is 9.53 Å². The van der Waals surface area contributed by atoms with Crippen molar-refractivity contribution in [2.24, 2.45) is 5.92 Å². The fourth-order valence-corrected chi connectivity index (χ4v) is 4.04. The maximum absolute atomic E-state index is 12.8. The number of rotatable bonds is 4. The number of halogens is 1. The third-order valence-electron chi connectivity index (χ3n) is 5.45. The predicted molar refractivity (Wildman–Crippen MR) is 115 cm³/mol. The van der Waals surface area contributed by atoms with Gasteiger partial charge in [-0.1, -0.05) is 11.6 Å². The van der Waals surface area contributed by atoms with Crippen LogP contribution < -0.4 is 10.1 Å². The Morgan fingerprint density at radius 2 is 1.90 bits per heavy atom. The third kappa shape index (κ3) is 6.76. The lowest BCUT2D eigenvalue weighted by Crippen LogP contribution is -2.49. The average molecular weight is 438 g/mol. The molecule has 7 nitrogen and oxygen atoms in total. The highest BCUT2D eigenvalue weighted by Crippen LogP contribution is 2.25. The molecule has 2 amide bonds. The van der Waals surface area contributed by atoms with E-state index in [9.17, 15) is 9.59 Å². The molecule has 1 aromatic heterocycles. The summed E-state index contributed by atoms with van der Waals surface area (Å²) in [4.78, 5) is 30.9. The SMILES string of the molecule is CC(C)(C)OC(=O)N1CCCC(C(=O)NC2CCC(Oc3ccc(Cl)cn3)CC2)C1. The first kappa shape index (κ1) is 22.7. The highest BCUT2D eigenvalue weighted by molar-refractivity contribution is 6.30. The summed E-state index contributed by atoms with van der Waals surface area (Å²) in [6.45, 7) is 6.60. The lowest BCUT2D eigenvalue weighted by Gasteiger charge is -2.35. The van der Waals surface area contributed by atoms with E-state index >= 15 is 0 Å². The molecule has 1 saturated carbocycles. The molecule has 1 N–H and O–H groups in total. The second kappa shape index (κ2) is 9.86. The normalized spacial score (nSPS) is 24.8. The Morgan fingerprint density at radius 1 is 1.17 bits per heavy atom. The van der Waals surface area contributed by atoms with E-state index in [-0.39, 0.29) is 30.1 Å². The highest BCUT2D eigenvalue weighted by Gasteiger charge is 2.32. The number of aromatic nitrogens is 1. The number of hydrogen-bond donors (Lipinski definition) is 1. The summed E-state index contributed by atoms with van der Waals surface area (Å²) in [6, 6.07) is 3.68. The molecule has 0 radical (unpaired) electrons. The van der Waals surface area contributed by atoms with Crippen LogP contribution in [0.5, 0.6) is 5.88 Å². The van der Waals surface area contributed by atoms with Gasteiger partial charge in [-0.2, -0.15) is 0 Å². The minimum Gasteiger partial charge on any atom is -0.474 e. The van der Waals surface area contributed by atoms with Crippen molar-refractivity contribution in [3.63, 3.8) is 0 Å². The van der Waals surface area contributed by atoms with Gasteiger partial charge >= 0.3 is 6.09 Å². The summed E-state index contributed by atoms with van der Waals surface area (Å²) in [6.07, 6.45) is 6.41. The van der Waals surface area contributed by atoms with Gasteiger partial charge in [0.1, 0.15) is 11.7 Å². The van der Waals surface area contributed by atoms with Crippen molar-refractivity contribution in [2.45, 2.75) is 77.0 Å². The van der Waals surface area contributed by atoms with E-state index in [1.165, 1.54) is 0 Å². The number of nitrogens with one attached hydrogen (secondary N) is 1. The molecule has 2 aliphatic rings. The molecule has 1 unspecified atom stereocenters. The Bertz CT molecular complexity index is 727. The summed E-state index contributed by atoms with van der Waals surface area (Å²) >= 11 is 5.85. The number of carbonyl (C=O) groups is 2. The fraction of sp³-hybridized carbons (Fsp3) is 0.682. The van der Waals surface area contributed by atoms with Gasteiger partial charge in [0.05, 0.1) is 10.9 Å². The Hall–Kier alpha value is -2.02. The van der Waals surface area contributed by atoms with E-state index in [0.717, 1.165) is 38.5 Å². The van der Waals surface area contributed by atoms with Crippen molar-refractivity contribution in [1.82, 2.24) is 15.2 Å². The van der Waals surface area contributed by atoms with Crippen LogP contribution in [0.1, 0.15) is 59.3 Å². The molecule has 1 aliphatic heterocycles. The van der Waals surface area contributed by atoms with Gasteiger partial charge in [0.25, 0.3) is 0 Å². The monoisotopic (exact) mass is 437 g/mol. The van der Waals surface area contributed by atoms with Gasteiger partial charge in [-0.3, -0.25) is 4.79 Å². The number of carbonyl (C=O) groups excluding carboxylic acids is 2. The van der Waals surface area contributed by atoms with Crippen molar-refractivity contribution in [1.29, 1.82) is 0 Å². The molecule has 1 aromatic rings. The number of ether oxygens (including phenoxy) is 2. The van der Waals surface area contributed by atoms with Crippen molar-refractivity contribution in [3.8, 4) is 5.88 Å². The smallest absolute Gasteiger partial charge is 0.410 e. The van der Waals surface area contributed by atoms with Crippen molar-refractivity contribution in [3.05, 3.63) is 23.4 Å². The van der Waals surface area contributed by atoms with E-state index in [1.807, 2.05) is 20.8 Å². The molecular weight excluding hydrogens is 406 g/mol. The Balaban J connectivity index is 1.42. The molecule has 1 atom stereocenters. The van der Waals surface area contributed by atoms with E-state index in [2.05, 4.69) is 10.3 Å². The molecule has 0 aromatic carbocycles. The van der Waals surface area contributed by atoms with Crippen LogP contribution >= 0.6 is 11.6 Å². The van der Waals surface area contributed by atoms with E-state index < -0.39 is 5.60 Å². The highest BCUT2D eigenvalue weighted by atomic mass is 35.5. The average Bonchev–Trinajstić information content (AvgIpc) is 2.70. The van der Waals surface area contributed by atoms with Crippen LogP contribution in [0.4, 0.5) is 4.79 Å². The van der Waals surface area contributed by atoms with Crippen LogP contribution in [-0.4, -0.2) is 52.7 Å². The van der Waals surface area contributed by atoms with Gasteiger partial charge in [0.15, 0.2) is 0 Å². The van der Waals surface area contributed by atoms with Crippen molar-refractivity contribution in [2.75, 3.05) is 13.1 Å². The number of hydrogen-bond acceptors (Lipinski definition) is 5. The number of nitrogens with zero attached hydrogens (tertiary/aromatic N) is 2. The van der Waals surface area contributed by atoms with E-state index in [4.69, 9.17) is 21.1 Å². The summed E-state index contributed by atoms with van der Waals surface area (Å²) in [5.41, 5.74) is -0.533. The molecular formula is C22H32ClN3O4. The van der Waals surface area contributed by atoms with Gasteiger partial charge in [0, 0.05) is 31.4 Å². The molecule has 0 spiro atoms. The molecule has 1 saturated heterocycles. The van der Waals surface area contributed by atoms with Crippen LogP contribution in [0.2, 0.25) is 5.02 Å². The van der Waals surface area contributed by atoms with Gasteiger partial charge in [-0.15, -0.1) is 0 Å². The molecule has 2 fully saturated rings. The zero-order valence-electron chi connectivity index (χ0n) is 18.0. The van der Waals surface area contributed by atoms with Crippen LogP contribution in [0.15, 0.2) is 18.3 Å². The van der Waals surface area contributed by atoms with Crippen LogP contribution in [0.25, 0.3) is 0 Å². The molecule has 1 aliphatic carbocycles. The molecule has 0 bridgehead atoms. The number of pyridine rings is 1. The lowest BCUT2D eigenvalue weighted by molar-refractivity contribution is -0.127. The van der Waals surface area contributed by atoms with Crippen LogP contribution in [0, 0.1) is 5.92 Å². The molecule has 30 heavy (non-hydrogen) atoms. The minimum atomic E-state index is -0.533. The van der Waals surface area contributed by atoms with E-state index in [0.29, 0.717) is 24.0 Å². The molecule has 8 heteroatoms. The maximum Gasteiger partial charge on any atom is 0.410 e. The lowest BCUT2D eigenvalue weighted by atomic mass is 9.91.